The highest BCUT2D eigenvalue weighted by Crippen LogP contribution is 2.39. The molecule has 43 heavy (non-hydrogen) atoms. The number of hydrogen-bond acceptors (Lipinski definition) is 6. The summed E-state index contributed by atoms with van der Waals surface area (Å²) in [6, 6.07) is 11.8. The number of halogens is 3. The van der Waals surface area contributed by atoms with Gasteiger partial charge in [-0.15, -0.1) is 0 Å². The van der Waals surface area contributed by atoms with Crippen molar-refractivity contribution in [3.05, 3.63) is 81.7 Å². The first-order chi connectivity index (χ1) is 20.1. The third-order valence-electron chi connectivity index (χ3n) is 8.88. The van der Waals surface area contributed by atoms with Crippen LogP contribution >= 0.6 is 0 Å². The molecule has 1 aliphatic heterocycles. The zero-order valence-corrected chi connectivity index (χ0v) is 25.6. The van der Waals surface area contributed by atoms with E-state index in [-0.39, 0.29) is 23.8 Å². The summed E-state index contributed by atoms with van der Waals surface area (Å²) in [6.45, 7) is 11.9. The average molecular weight is 595 g/mol. The topological polar surface area (TPSA) is 78.4 Å². The van der Waals surface area contributed by atoms with Gasteiger partial charge in [0.15, 0.2) is 0 Å². The number of ketones is 1. The van der Waals surface area contributed by atoms with E-state index in [1.54, 1.807) is 0 Å². The number of Topliss-reactive ketones (excluding diaryl/α,β-unsaturated/α-hetero) is 1. The molecule has 6 nitrogen and oxygen atoms in total. The van der Waals surface area contributed by atoms with Crippen LogP contribution in [0.25, 0.3) is 0 Å². The van der Waals surface area contributed by atoms with Crippen molar-refractivity contribution in [3.8, 4) is 0 Å². The fourth-order valence-electron chi connectivity index (χ4n) is 6.68. The van der Waals surface area contributed by atoms with E-state index in [2.05, 4.69) is 32.3 Å². The van der Waals surface area contributed by atoms with E-state index >= 15 is 0 Å². The number of carbonyl (C=O) groups excluding carboxylic acids is 1. The van der Waals surface area contributed by atoms with Gasteiger partial charge in [0.1, 0.15) is 5.78 Å². The molecule has 0 radical (unpaired) electrons. The van der Waals surface area contributed by atoms with Gasteiger partial charge in [0, 0.05) is 30.3 Å². The summed E-state index contributed by atoms with van der Waals surface area (Å²) in [4.78, 5) is 23.3. The number of nitrogens with zero attached hydrogens (tertiary/aromatic N) is 3. The van der Waals surface area contributed by atoms with Gasteiger partial charge in [0.25, 0.3) is 0 Å². The van der Waals surface area contributed by atoms with Gasteiger partial charge in [-0.2, -0.15) is 13.2 Å². The number of fused-ring (bicyclic) bond motifs is 1. The van der Waals surface area contributed by atoms with Crippen molar-refractivity contribution < 1.29 is 23.1 Å². The van der Waals surface area contributed by atoms with E-state index in [1.807, 2.05) is 58.9 Å². The van der Waals surface area contributed by atoms with Crippen LogP contribution in [0.15, 0.2) is 42.6 Å². The molecule has 1 saturated heterocycles. The first kappa shape index (κ1) is 31.1. The lowest BCUT2D eigenvalue weighted by Crippen LogP contribution is -2.42. The van der Waals surface area contributed by atoms with E-state index in [9.17, 15) is 23.1 Å². The van der Waals surface area contributed by atoms with Crippen molar-refractivity contribution >= 4 is 17.4 Å². The molecule has 3 aromatic rings. The van der Waals surface area contributed by atoms with Crippen molar-refractivity contribution in [1.29, 1.82) is 0 Å². The molecule has 0 amide bonds. The van der Waals surface area contributed by atoms with Crippen LogP contribution in [0.3, 0.4) is 0 Å². The number of alkyl halides is 3. The number of anilines is 2. The fourth-order valence-corrected chi connectivity index (χ4v) is 6.68. The van der Waals surface area contributed by atoms with Crippen molar-refractivity contribution in [2.75, 3.05) is 25.0 Å². The first-order valence-corrected chi connectivity index (χ1v) is 15.0. The van der Waals surface area contributed by atoms with Crippen LogP contribution in [0.1, 0.15) is 85.5 Å². The van der Waals surface area contributed by atoms with Gasteiger partial charge in [-0.25, -0.2) is 9.97 Å². The maximum absolute atomic E-state index is 14.0. The highest BCUT2D eigenvalue weighted by molar-refractivity contribution is 5.96. The van der Waals surface area contributed by atoms with E-state index in [4.69, 9.17) is 0 Å². The third kappa shape index (κ3) is 6.93. The molecule has 2 aliphatic rings. The molecule has 1 aliphatic carbocycles. The highest BCUT2D eigenvalue weighted by atomic mass is 19.4. The maximum Gasteiger partial charge on any atom is 0.419 e. The van der Waals surface area contributed by atoms with Crippen LogP contribution in [0.2, 0.25) is 0 Å². The van der Waals surface area contributed by atoms with Gasteiger partial charge in [0.05, 0.1) is 16.9 Å². The quantitative estimate of drug-likeness (QED) is 0.303. The molecule has 230 valence electrons. The summed E-state index contributed by atoms with van der Waals surface area (Å²) in [5.74, 6) is 0.657. The standard InChI is InChI=1S/C34H41F3N4O2/c1-21-17-24(22-13-15-41(16-14-22)20-32(2,3)43)10-11-27(21)39-31-38-19-26(34(35,36)37)28(40-31)12-9-23-7-6-8-25-18-29(42)33(4,5)30(23)25/h6-8,10-11,17,19,22,43H,9,12-16,18,20H2,1-5H3,(H,38,39,40). The lowest BCUT2D eigenvalue weighted by Gasteiger charge is -2.35. The van der Waals surface area contributed by atoms with Gasteiger partial charge < -0.3 is 15.3 Å². The molecule has 0 atom stereocenters. The Morgan fingerprint density at radius 1 is 1.09 bits per heavy atom. The Hall–Kier alpha value is -3.30. The van der Waals surface area contributed by atoms with Gasteiger partial charge in [0.2, 0.25) is 5.95 Å². The second-order valence-electron chi connectivity index (χ2n) is 13.3. The normalized spacial score (nSPS) is 17.7. The number of β-amino-alcohol motifs (C(OH)–C–C–N with tert-alkyl or cyclic N) is 1. The largest absolute Gasteiger partial charge is 0.419 e. The molecule has 9 heteroatoms. The number of benzene rings is 2. The van der Waals surface area contributed by atoms with Crippen LogP contribution in [0.4, 0.5) is 24.8 Å². The molecule has 0 saturated carbocycles. The molecule has 2 heterocycles. The monoisotopic (exact) mass is 594 g/mol. The molecular weight excluding hydrogens is 553 g/mol. The minimum absolute atomic E-state index is 0.0663. The Kier molecular flexibility index (Phi) is 8.44. The molecule has 5 rings (SSSR count). The van der Waals surface area contributed by atoms with Crippen molar-refractivity contribution in [2.24, 2.45) is 0 Å². The van der Waals surface area contributed by atoms with Crippen LogP contribution in [0, 0.1) is 6.92 Å². The average Bonchev–Trinajstić information content (AvgIpc) is 3.15. The minimum atomic E-state index is -4.58. The second-order valence-corrected chi connectivity index (χ2v) is 13.3. The molecule has 2 N–H and O–H groups in total. The number of likely N-dealkylation sites (tertiary alicyclic amines) is 1. The Bertz CT molecular complexity index is 1500. The number of piperidine rings is 1. The van der Waals surface area contributed by atoms with E-state index in [1.165, 1.54) is 5.56 Å². The summed E-state index contributed by atoms with van der Waals surface area (Å²) < 4.78 is 41.9. The van der Waals surface area contributed by atoms with Crippen LogP contribution in [0.5, 0.6) is 0 Å². The molecule has 1 aromatic heterocycles. The third-order valence-corrected chi connectivity index (χ3v) is 8.88. The number of aryl methyl sites for hydroxylation is 3. The van der Waals surface area contributed by atoms with Crippen molar-refractivity contribution in [1.82, 2.24) is 14.9 Å². The summed E-state index contributed by atoms with van der Waals surface area (Å²) in [7, 11) is 0. The predicted octanol–water partition coefficient (Wildman–Crippen LogP) is 6.69. The minimum Gasteiger partial charge on any atom is -0.389 e. The SMILES string of the molecule is Cc1cc(C2CCN(CC(C)(C)O)CC2)ccc1Nc1ncc(C(F)(F)F)c(CCc2cccc3c2C(C)(C)C(=O)C3)n1. The molecular formula is C34H41F3N4O2. The molecule has 1 fully saturated rings. The Balaban J connectivity index is 1.32. The first-order valence-electron chi connectivity index (χ1n) is 15.0. The van der Waals surface area contributed by atoms with Crippen LogP contribution in [-0.2, 0) is 35.6 Å². The molecule has 0 bridgehead atoms. The highest BCUT2D eigenvalue weighted by Gasteiger charge is 2.40. The summed E-state index contributed by atoms with van der Waals surface area (Å²) >= 11 is 0. The summed E-state index contributed by atoms with van der Waals surface area (Å²) in [5.41, 5.74) is 3.42. The fraction of sp³-hybridized carbons (Fsp3) is 0.500. The number of rotatable bonds is 8. The van der Waals surface area contributed by atoms with Gasteiger partial charge in [-0.05, 0) is 113 Å². The number of hydrogen-bond donors (Lipinski definition) is 2. The summed E-state index contributed by atoms with van der Waals surface area (Å²) in [5, 5.41) is 13.3. The molecule has 0 spiro atoms. The Morgan fingerprint density at radius 2 is 1.81 bits per heavy atom. The van der Waals surface area contributed by atoms with E-state index < -0.39 is 22.8 Å². The number of aliphatic hydroxyl groups is 1. The van der Waals surface area contributed by atoms with Gasteiger partial charge in [-0.1, -0.05) is 30.3 Å². The number of aromatic nitrogens is 2. The second kappa shape index (κ2) is 11.7. The van der Waals surface area contributed by atoms with E-state index in [0.29, 0.717) is 25.3 Å². The molecule has 0 unspecified atom stereocenters. The number of carbonyl (C=O) groups is 1. The molecule has 2 aromatic carbocycles. The van der Waals surface area contributed by atoms with E-state index in [0.717, 1.165) is 60.1 Å². The maximum atomic E-state index is 14.0. The van der Waals surface area contributed by atoms with Crippen LogP contribution < -0.4 is 5.32 Å². The zero-order valence-electron chi connectivity index (χ0n) is 25.6. The zero-order chi connectivity index (χ0) is 31.2. The number of nitrogens with one attached hydrogen (secondary N) is 1. The van der Waals surface area contributed by atoms with Crippen molar-refractivity contribution in [2.45, 2.75) is 89.8 Å². The van der Waals surface area contributed by atoms with Crippen LogP contribution in [-0.4, -0.2) is 51.0 Å². The Labute approximate surface area is 251 Å². The van der Waals surface area contributed by atoms with Gasteiger partial charge >= 0.3 is 6.18 Å². The van der Waals surface area contributed by atoms with Gasteiger partial charge in [-0.3, -0.25) is 4.79 Å². The summed E-state index contributed by atoms with van der Waals surface area (Å²) in [6.07, 6.45) is -0.961. The lowest BCUT2D eigenvalue weighted by molar-refractivity contribution is -0.138. The van der Waals surface area contributed by atoms with Crippen molar-refractivity contribution in [3.63, 3.8) is 0 Å². The Morgan fingerprint density at radius 3 is 2.47 bits per heavy atom. The smallest absolute Gasteiger partial charge is 0.389 e. The predicted molar refractivity (Wildman–Crippen MR) is 162 cm³/mol. The lowest BCUT2D eigenvalue weighted by atomic mass is 9.81.